The van der Waals surface area contributed by atoms with Gasteiger partial charge in [0.05, 0.1) is 0 Å². The summed E-state index contributed by atoms with van der Waals surface area (Å²) in [6, 6.07) is 0. The molecule has 0 amide bonds. The van der Waals surface area contributed by atoms with E-state index >= 15 is 0 Å². The van der Waals surface area contributed by atoms with Gasteiger partial charge in [-0.25, -0.2) is 0 Å². The van der Waals surface area contributed by atoms with Crippen LogP contribution < -0.4 is 0 Å². The van der Waals surface area contributed by atoms with Crippen molar-refractivity contribution >= 4 is 11.8 Å². The molecule has 0 heterocycles. The second-order valence-corrected chi connectivity index (χ2v) is 8.50. The van der Waals surface area contributed by atoms with Gasteiger partial charge in [-0.15, -0.1) is 0 Å². The normalized spacial score (nSPS) is 32.2. The lowest BCUT2D eigenvalue weighted by Gasteiger charge is -2.33. The lowest BCUT2D eigenvalue weighted by atomic mass is 9.81. The maximum absolute atomic E-state index is 2.42. The molecule has 1 heteroatoms. The maximum atomic E-state index is 2.42. The van der Waals surface area contributed by atoms with Crippen LogP contribution in [0.25, 0.3) is 0 Å². The molecule has 2 atom stereocenters. The molecule has 0 nitrogen and oxygen atoms in total. The van der Waals surface area contributed by atoms with Gasteiger partial charge in [-0.2, -0.15) is 11.8 Å². The number of hydrogen-bond acceptors (Lipinski definition) is 1. The van der Waals surface area contributed by atoms with Crippen molar-refractivity contribution in [3.8, 4) is 0 Å². The van der Waals surface area contributed by atoms with Gasteiger partial charge in [-0.3, -0.25) is 0 Å². The van der Waals surface area contributed by atoms with E-state index in [4.69, 9.17) is 0 Å². The summed E-state index contributed by atoms with van der Waals surface area (Å²) in [5, 5.41) is 2.00. The first-order valence-electron chi connectivity index (χ1n) is 8.41. The predicted molar refractivity (Wildman–Crippen MR) is 84.3 cm³/mol. The molecule has 2 aliphatic carbocycles. The highest BCUT2D eigenvalue weighted by Gasteiger charge is 2.26. The largest absolute Gasteiger partial charge is 0.155 e. The first kappa shape index (κ1) is 14.8. The number of thioether (sulfide) groups is 1. The zero-order valence-electron chi connectivity index (χ0n) is 12.5. The van der Waals surface area contributed by atoms with Crippen molar-refractivity contribution in [1.29, 1.82) is 0 Å². The first-order chi connectivity index (χ1) is 8.75. The van der Waals surface area contributed by atoms with E-state index in [-0.39, 0.29) is 0 Å². The Labute approximate surface area is 119 Å². The Kier molecular flexibility index (Phi) is 6.41. The Morgan fingerprint density at radius 1 is 0.722 bits per heavy atom. The SMILES string of the molecule is CC(C)C1CCCC(SC2CCCCCCC2)C1. The Hall–Kier alpha value is 0.350. The van der Waals surface area contributed by atoms with E-state index < -0.39 is 0 Å². The van der Waals surface area contributed by atoms with E-state index in [2.05, 4.69) is 25.6 Å². The number of rotatable bonds is 3. The highest BCUT2D eigenvalue weighted by atomic mass is 32.2. The minimum atomic E-state index is 0.908. The molecule has 0 spiro atoms. The van der Waals surface area contributed by atoms with E-state index in [0.29, 0.717) is 0 Å². The Bertz CT molecular complexity index is 216. The van der Waals surface area contributed by atoms with Crippen molar-refractivity contribution in [1.82, 2.24) is 0 Å². The lowest BCUT2D eigenvalue weighted by molar-refractivity contribution is 0.284. The molecule has 0 radical (unpaired) electrons. The van der Waals surface area contributed by atoms with Crippen LogP contribution in [0.1, 0.15) is 84.5 Å². The molecule has 2 rings (SSSR count). The van der Waals surface area contributed by atoms with Crippen LogP contribution in [0.5, 0.6) is 0 Å². The van der Waals surface area contributed by atoms with Gasteiger partial charge in [0.25, 0.3) is 0 Å². The van der Waals surface area contributed by atoms with Gasteiger partial charge in [0, 0.05) is 10.5 Å². The standard InChI is InChI=1S/C17H32S/c1-14(2)15-9-8-12-17(13-15)18-16-10-6-4-3-5-7-11-16/h14-17H,3-13H2,1-2H3. The molecule has 0 saturated heterocycles. The zero-order chi connectivity index (χ0) is 12.8. The first-order valence-corrected chi connectivity index (χ1v) is 9.35. The van der Waals surface area contributed by atoms with Gasteiger partial charge < -0.3 is 0 Å². The second kappa shape index (κ2) is 7.82. The second-order valence-electron chi connectivity index (χ2n) is 6.90. The summed E-state index contributed by atoms with van der Waals surface area (Å²) in [4.78, 5) is 0. The van der Waals surface area contributed by atoms with E-state index in [9.17, 15) is 0 Å². The summed E-state index contributed by atoms with van der Waals surface area (Å²) in [6.07, 6.45) is 16.5. The van der Waals surface area contributed by atoms with E-state index in [1.165, 1.54) is 70.6 Å². The van der Waals surface area contributed by atoms with Crippen molar-refractivity contribution in [2.24, 2.45) is 11.8 Å². The van der Waals surface area contributed by atoms with Gasteiger partial charge in [-0.05, 0) is 37.5 Å². The van der Waals surface area contributed by atoms with E-state index in [1.54, 1.807) is 0 Å². The van der Waals surface area contributed by atoms with Crippen LogP contribution in [0.3, 0.4) is 0 Å². The van der Waals surface area contributed by atoms with Crippen molar-refractivity contribution in [3.63, 3.8) is 0 Å². The van der Waals surface area contributed by atoms with Crippen molar-refractivity contribution < 1.29 is 0 Å². The fourth-order valence-electron chi connectivity index (χ4n) is 3.74. The Morgan fingerprint density at radius 2 is 1.33 bits per heavy atom. The number of hydrogen-bond donors (Lipinski definition) is 0. The molecule has 0 aromatic carbocycles. The summed E-state index contributed by atoms with van der Waals surface area (Å²) >= 11 is 2.39. The van der Waals surface area contributed by atoms with Crippen LogP contribution in [0.2, 0.25) is 0 Å². The molecule has 2 saturated carbocycles. The average molecular weight is 269 g/mol. The molecule has 18 heavy (non-hydrogen) atoms. The molecule has 2 aliphatic rings. The monoisotopic (exact) mass is 268 g/mol. The highest BCUT2D eigenvalue weighted by molar-refractivity contribution is 8.00. The van der Waals surface area contributed by atoms with E-state index in [0.717, 1.165) is 22.3 Å². The molecule has 0 aromatic rings. The predicted octanol–water partition coefficient (Wildman–Crippen LogP) is 6.05. The summed E-state index contributed by atoms with van der Waals surface area (Å²) in [5.74, 6) is 1.93. The van der Waals surface area contributed by atoms with Gasteiger partial charge in [0.2, 0.25) is 0 Å². The third-order valence-corrected chi connectivity index (χ3v) is 6.72. The maximum Gasteiger partial charge on any atom is 0.00525 e. The molecular weight excluding hydrogens is 236 g/mol. The molecule has 0 N–H and O–H groups in total. The van der Waals surface area contributed by atoms with Crippen molar-refractivity contribution in [2.75, 3.05) is 0 Å². The Morgan fingerprint density at radius 3 is 2.00 bits per heavy atom. The molecule has 106 valence electrons. The third-order valence-electron chi connectivity index (χ3n) is 5.05. The van der Waals surface area contributed by atoms with Crippen molar-refractivity contribution in [2.45, 2.75) is 95.0 Å². The average Bonchev–Trinajstić information content (AvgIpc) is 2.33. The third kappa shape index (κ3) is 4.79. The van der Waals surface area contributed by atoms with Crippen LogP contribution >= 0.6 is 11.8 Å². The van der Waals surface area contributed by atoms with Gasteiger partial charge in [0.1, 0.15) is 0 Å². The quantitative estimate of drug-likeness (QED) is 0.600. The summed E-state index contributed by atoms with van der Waals surface area (Å²) in [5.41, 5.74) is 0. The van der Waals surface area contributed by atoms with Crippen LogP contribution in [0.15, 0.2) is 0 Å². The molecule has 2 unspecified atom stereocenters. The van der Waals surface area contributed by atoms with Crippen LogP contribution in [0.4, 0.5) is 0 Å². The lowest BCUT2D eigenvalue weighted by Crippen LogP contribution is -2.23. The van der Waals surface area contributed by atoms with Gasteiger partial charge >= 0.3 is 0 Å². The summed E-state index contributed by atoms with van der Waals surface area (Å²) in [6.45, 7) is 4.85. The van der Waals surface area contributed by atoms with Crippen molar-refractivity contribution in [3.05, 3.63) is 0 Å². The Balaban J connectivity index is 1.76. The molecule has 0 aliphatic heterocycles. The smallest absolute Gasteiger partial charge is 0.00525 e. The van der Waals surface area contributed by atoms with Crippen LogP contribution in [-0.4, -0.2) is 10.5 Å². The van der Waals surface area contributed by atoms with Gasteiger partial charge in [0.15, 0.2) is 0 Å². The fourth-order valence-corrected chi connectivity index (χ4v) is 5.55. The van der Waals surface area contributed by atoms with Crippen LogP contribution in [0, 0.1) is 11.8 Å². The minimum absolute atomic E-state index is 0.908. The molecule has 0 aromatic heterocycles. The molecule has 0 bridgehead atoms. The highest BCUT2D eigenvalue weighted by Crippen LogP contribution is 2.40. The topological polar surface area (TPSA) is 0 Å². The van der Waals surface area contributed by atoms with Gasteiger partial charge in [-0.1, -0.05) is 58.8 Å². The summed E-state index contributed by atoms with van der Waals surface area (Å²) < 4.78 is 0. The van der Waals surface area contributed by atoms with Crippen LogP contribution in [-0.2, 0) is 0 Å². The summed E-state index contributed by atoms with van der Waals surface area (Å²) in [7, 11) is 0. The minimum Gasteiger partial charge on any atom is -0.155 e. The van der Waals surface area contributed by atoms with E-state index in [1.807, 2.05) is 0 Å². The zero-order valence-corrected chi connectivity index (χ0v) is 13.3. The molecular formula is C17H32S. The molecule has 2 fully saturated rings. The fraction of sp³-hybridized carbons (Fsp3) is 1.00.